The van der Waals surface area contributed by atoms with Gasteiger partial charge in [-0.2, -0.15) is 4.98 Å². The predicted octanol–water partition coefficient (Wildman–Crippen LogP) is 5.32. The van der Waals surface area contributed by atoms with Crippen molar-refractivity contribution in [2.24, 2.45) is 0 Å². The Hall–Kier alpha value is -3.20. The molecule has 3 heterocycles. The Balaban J connectivity index is 1.75. The van der Waals surface area contributed by atoms with E-state index in [1.54, 1.807) is 16.3 Å². The van der Waals surface area contributed by atoms with E-state index in [1.165, 1.54) is 18.2 Å². The van der Waals surface area contributed by atoms with E-state index in [4.69, 9.17) is 0 Å². The Labute approximate surface area is 219 Å². The smallest absolute Gasteiger partial charge is 0.350 e. The van der Waals surface area contributed by atoms with Gasteiger partial charge in [0.05, 0.1) is 5.52 Å². The summed E-state index contributed by atoms with van der Waals surface area (Å²) in [6, 6.07) is 5.33. The quantitative estimate of drug-likeness (QED) is 0.433. The molecule has 2 aromatic carbocycles. The number of carbonyl (C=O) groups excluding carboxylic acids is 1. The van der Waals surface area contributed by atoms with Crippen molar-refractivity contribution in [1.82, 2.24) is 14.5 Å². The molecule has 1 saturated heterocycles. The lowest BCUT2D eigenvalue weighted by atomic mass is 9.96. The SMILES string of the molecule is C=CC(=O)N1[C@H](C)CN(c2nc(=O)n3c4c(c(-c5ccc(F)cc5F)c(C)cc24)SC[C@@H]3CC)C[C@@H]1C. The highest BCUT2D eigenvalue weighted by atomic mass is 32.2. The average molecular weight is 525 g/mol. The number of piperazine rings is 1. The maximum atomic E-state index is 15.0. The number of hydrogen-bond donors (Lipinski definition) is 0. The van der Waals surface area contributed by atoms with Crippen molar-refractivity contribution in [3.63, 3.8) is 0 Å². The lowest BCUT2D eigenvalue weighted by molar-refractivity contribution is -0.130. The van der Waals surface area contributed by atoms with Crippen LogP contribution in [0.5, 0.6) is 0 Å². The van der Waals surface area contributed by atoms with Gasteiger partial charge in [0.2, 0.25) is 5.91 Å². The molecule has 2 aliphatic rings. The molecule has 37 heavy (non-hydrogen) atoms. The van der Waals surface area contributed by atoms with Crippen molar-refractivity contribution in [3.05, 3.63) is 64.6 Å². The number of anilines is 1. The van der Waals surface area contributed by atoms with E-state index in [2.05, 4.69) is 16.5 Å². The second-order valence-corrected chi connectivity index (χ2v) is 11.0. The van der Waals surface area contributed by atoms with Crippen LogP contribution in [-0.2, 0) is 4.79 Å². The number of hydrogen-bond acceptors (Lipinski definition) is 5. The highest BCUT2D eigenvalue weighted by Crippen LogP contribution is 2.47. The van der Waals surface area contributed by atoms with Crippen molar-refractivity contribution in [1.29, 1.82) is 0 Å². The molecule has 1 aromatic heterocycles. The van der Waals surface area contributed by atoms with Gasteiger partial charge in [0.25, 0.3) is 0 Å². The fraction of sp³-hybridized carbons (Fsp3) is 0.393. The number of carbonyl (C=O) groups is 1. The minimum Gasteiger partial charge on any atom is -0.352 e. The van der Waals surface area contributed by atoms with Crippen LogP contribution in [0.2, 0.25) is 0 Å². The zero-order valence-electron chi connectivity index (χ0n) is 21.4. The third kappa shape index (κ3) is 4.13. The second-order valence-electron chi connectivity index (χ2n) is 9.93. The molecule has 9 heteroatoms. The van der Waals surface area contributed by atoms with Gasteiger partial charge in [-0.25, -0.2) is 13.6 Å². The summed E-state index contributed by atoms with van der Waals surface area (Å²) in [6.45, 7) is 12.6. The van der Waals surface area contributed by atoms with Crippen LogP contribution >= 0.6 is 11.8 Å². The predicted molar refractivity (Wildman–Crippen MR) is 144 cm³/mol. The topological polar surface area (TPSA) is 58.4 Å². The highest BCUT2D eigenvalue weighted by Gasteiger charge is 2.35. The number of aromatic nitrogens is 2. The number of amides is 1. The Kier molecular flexibility index (Phi) is 6.60. The second kappa shape index (κ2) is 9.59. The third-order valence-electron chi connectivity index (χ3n) is 7.45. The molecule has 0 radical (unpaired) electrons. The molecule has 1 fully saturated rings. The van der Waals surface area contributed by atoms with Crippen LogP contribution in [0.25, 0.3) is 22.0 Å². The molecule has 5 rings (SSSR count). The van der Waals surface area contributed by atoms with Crippen LogP contribution in [0, 0.1) is 18.6 Å². The number of nitrogens with zero attached hydrogens (tertiary/aromatic N) is 4. The summed E-state index contributed by atoms with van der Waals surface area (Å²) in [5.41, 5.74) is 2.22. The van der Waals surface area contributed by atoms with Crippen LogP contribution < -0.4 is 10.6 Å². The van der Waals surface area contributed by atoms with E-state index in [1.807, 2.05) is 38.7 Å². The molecule has 194 valence electrons. The molecule has 0 N–H and O–H groups in total. The summed E-state index contributed by atoms with van der Waals surface area (Å²) in [7, 11) is 0. The molecule has 0 unspecified atom stereocenters. The van der Waals surface area contributed by atoms with Gasteiger partial charge < -0.3 is 9.80 Å². The molecule has 6 nitrogen and oxygen atoms in total. The number of benzene rings is 2. The van der Waals surface area contributed by atoms with Crippen molar-refractivity contribution in [2.45, 2.75) is 57.1 Å². The first kappa shape index (κ1) is 25.4. The van der Waals surface area contributed by atoms with E-state index >= 15 is 0 Å². The fourth-order valence-corrected chi connectivity index (χ4v) is 7.33. The van der Waals surface area contributed by atoms with Crippen LogP contribution in [0.4, 0.5) is 14.6 Å². The van der Waals surface area contributed by atoms with E-state index in [9.17, 15) is 18.4 Å². The normalized spacial score (nSPS) is 21.4. The summed E-state index contributed by atoms with van der Waals surface area (Å²) in [6.07, 6.45) is 2.09. The van der Waals surface area contributed by atoms with Gasteiger partial charge in [-0.3, -0.25) is 9.36 Å². The third-order valence-corrected chi connectivity index (χ3v) is 8.68. The van der Waals surface area contributed by atoms with Gasteiger partial charge in [-0.05, 0) is 57.0 Å². The van der Waals surface area contributed by atoms with Crippen LogP contribution in [0.1, 0.15) is 38.8 Å². The number of thioether (sulfide) groups is 1. The Morgan fingerprint density at radius 1 is 1.22 bits per heavy atom. The first-order chi connectivity index (χ1) is 17.7. The minimum absolute atomic E-state index is 0.0393. The molecule has 0 bridgehead atoms. The van der Waals surface area contributed by atoms with Crippen molar-refractivity contribution < 1.29 is 13.6 Å². The summed E-state index contributed by atoms with van der Waals surface area (Å²) in [5.74, 6) is -0.143. The Morgan fingerprint density at radius 2 is 1.92 bits per heavy atom. The van der Waals surface area contributed by atoms with Gasteiger partial charge >= 0.3 is 5.69 Å². The summed E-state index contributed by atoms with van der Waals surface area (Å²) in [5, 5.41) is 0.826. The van der Waals surface area contributed by atoms with Gasteiger partial charge in [0, 0.05) is 64.4 Å². The zero-order valence-corrected chi connectivity index (χ0v) is 22.2. The minimum atomic E-state index is -0.634. The molecule has 0 saturated carbocycles. The van der Waals surface area contributed by atoms with E-state index in [0.717, 1.165) is 33.8 Å². The zero-order chi connectivity index (χ0) is 26.6. The molecule has 3 aromatic rings. The Morgan fingerprint density at radius 3 is 2.54 bits per heavy atom. The molecule has 3 atom stereocenters. The number of aryl methyl sites for hydroxylation is 1. The lowest BCUT2D eigenvalue weighted by Crippen LogP contribution is -2.58. The van der Waals surface area contributed by atoms with E-state index in [0.29, 0.717) is 35.8 Å². The Bertz CT molecular complexity index is 1480. The van der Waals surface area contributed by atoms with Crippen LogP contribution in [0.3, 0.4) is 0 Å². The maximum Gasteiger partial charge on any atom is 0.350 e. The fourth-order valence-electron chi connectivity index (χ4n) is 5.82. The maximum absolute atomic E-state index is 15.0. The van der Waals surface area contributed by atoms with E-state index < -0.39 is 11.6 Å². The summed E-state index contributed by atoms with van der Waals surface area (Å²) < 4.78 is 30.4. The van der Waals surface area contributed by atoms with Gasteiger partial charge in [0.1, 0.15) is 17.5 Å². The van der Waals surface area contributed by atoms with E-state index in [-0.39, 0.29) is 29.7 Å². The monoisotopic (exact) mass is 524 g/mol. The summed E-state index contributed by atoms with van der Waals surface area (Å²) in [4.78, 5) is 35.2. The van der Waals surface area contributed by atoms with Crippen molar-refractivity contribution in [3.8, 4) is 11.1 Å². The van der Waals surface area contributed by atoms with Gasteiger partial charge in [-0.15, -0.1) is 11.8 Å². The van der Waals surface area contributed by atoms with Gasteiger partial charge in [-0.1, -0.05) is 13.5 Å². The number of halogens is 2. The molecular formula is C28H30F2N4O2S. The average Bonchev–Trinajstić information content (AvgIpc) is 2.85. The van der Waals surface area contributed by atoms with Crippen molar-refractivity contribution >= 4 is 34.4 Å². The molecular weight excluding hydrogens is 494 g/mol. The molecule has 0 aliphatic carbocycles. The first-order valence-corrected chi connectivity index (χ1v) is 13.5. The lowest BCUT2D eigenvalue weighted by Gasteiger charge is -2.45. The molecule has 1 amide bonds. The van der Waals surface area contributed by atoms with Crippen LogP contribution in [0.15, 0.2) is 46.6 Å². The van der Waals surface area contributed by atoms with Crippen LogP contribution in [-0.4, -0.2) is 51.3 Å². The van der Waals surface area contributed by atoms with Gasteiger partial charge in [0.15, 0.2) is 0 Å². The molecule has 0 spiro atoms. The molecule has 2 aliphatic heterocycles. The van der Waals surface area contributed by atoms with Crippen molar-refractivity contribution in [2.75, 3.05) is 23.7 Å². The summed E-state index contributed by atoms with van der Waals surface area (Å²) >= 11 is 1.60. The number of rotatable bonds is 4. The highest BCUT2D eigenvalue weighted by molar-refractivity contribution is 7.99. The first-order valence-electron chi connectivity index (χ1n) is 12.5. The standard InChI is InChI=1S/C28H30F2N4O2S/c1-6-19-14-37-26-24(20-9-8-18(29)11-22(20)30)15(3)10-21-25(26)34(19)28(36)31-27(21)32-12-16(4)33(17(5)13-32)23(35)7-2/h7-11,16-17,19H,2,6,12-14H2,1,3-5H3/t16-,17+,19-/m0/s1. The largest absolute Gasteiger partial charge is 0.352 e.